The Kier molecular flexibility index (Phi) is 14.2. The molecule has 1 heterocycles. The molecule has 0 bridgehead atoms. The van der Waals surface area contributed by atoms with Gasteiger partial charge in [-0.2, -0.15) is 18.3 Å². The average molecular weight is 1040 g/mol. The van der Waals surface area contributed by atoms with E-state index in [-0.39, 0.29) is 24.2 Å². The van der Waals surface area contributed by atoms with Crippen molar-refractivity contribution in [2.75, 3.05) is 0 Å². The molecule has 0 spiro atoms. The van der Waals surface area contributed by atoms with Crippen LogP contribution in [0.3, 0.4) is 0 Å². The van der Waals surface area contributed by atoms with Gasteiger partial charge in [0.25, 0.3) is 0 Å². The molecule has 27 heteroatoms. The molecule has 0 saturated carbocycles. The van der Waals surface area contributed by atoms with Crippen LogP contribution in [0.15, 0.2) is 91.0 Å². The van der Waals surface area contributed by atoms with Crippen molar-refractivity contribution in [3.8, 4) is 86.2 Å². The number of benzene rings is 6. The van der Waals surface area contributed by atoms with E-state index >= 15 is 0 Å². The Bertz CT molecular complexity index is 3500. The predicted octanol–water partition coefficient (Wildman–Crippen LogP) is 6.06. The highest BCUT2D eigenvalue weighted by atomic mass is 19.4. The minimum Gasteiger partial charge on any atom is -0.504 e. The summed E-state index contributed by atoms with van der Waals surface area (Å²) in [6.45, 7) is 0. The number of carbonyl (C=O) groups is 6. The van der Waals surface area contributed by atoms with Crippen LogP contribution >= 0.6 is 0 Å². The summed E-state index contributed by atoms with van der Waals surface area (Å²) in [4.78, 5) is 77.1. The van der Waals surface area contributed by atoms with Crippen molar-refractivity contribution in [2.45, 2.75) is 19.0 Å². The molecule has 0 saturated heterocycles. The molecule has 6 aromatic carbocycles. The molecular formula is C48H31F3N2O22. The summed E-state index contributed by atoms with van der Waals surface area (Å²) in [6.07, 6.45) is -4.14. The Morgan fingerprint density at radius 3 is 1.05 bits per heavy atom. The van der Waals surface area contributed by atoms with Crippen LogP contribution in [-0.2, 0) is 19.0 Å². The van der Waals surface area contributed by atoms with Crippen molar-refractivity contribution in [3.63, 3.8) is 0 Å². The minimum atomic E-state index is -4.52. The highest BCUT2D eigenvalue weighted by Crippen LogP contribution is 2.43. The highest BCUT2D eigenvalue weighted by Gasteiger charge is 2.31. The lowest BCUT2D eigenvalue weighted by Crippen LogP contribution is -2.14. The Hall–Kier alpha value is -10.9. The monoisotopic (exact) mass is 1040 g/mol. The maximum atomic E-state index is 13.3. The van der Waals surface area contributed by atoms with Gasteiger partial charge in [0.2, 0.25) is 28.7 Å². The summed E-state index contributed by atoms with van der Waals surface area (Å²) in [5.74, 6) is -24.5. The summed E-state index contributed by atoms with van der Waals surface area (Å²) in [7, 11) is 0. The number of carboxylic acid groups (broad SMARTS) is 1. The molecule has 12 N–H and O–H groups in total. The van der Waals surface area contributed by atoms with Crippen molar-refractivity contribution in [1.82, 2.24) is 10.2 Å². The number of H-pyrrole nitrogens is 1. The molecule has 0 aliphatic rings. The number of aromatic nitrogens is 2. The summed E-state index contributed by atoms with van der Waals surface area (Å²) >= 11 is 0. The van der Waals surface area contributed by atoms with E-state index in [0.29, 0.717) is 66.2 Å². The molecular weight excluding hydrogens is 1010 g/mol. The predicted molar refractivity (Wildman–Crippen MR) is 238 cm³/mol. The van der Waals surface area contributed by atoms with Gasteiger partial charge >= 0.3 is 42.0 Å². The number of aromatic amines is 1. The molecule has 75 heavy (non-hydrogen) atoms. The zero-order valence-corrected chi connectivity index (χ0v) is 37.1. The van der Waals surface area contributed by atoms with E-state index in [4.69, 9.17) is 23.7 Å². The van der Waals surface area contributed by atoms with Gasteiger partial charge in [-0.05, 0) is 97.3 Å². The number of phenolic OH excluding ortho intramolecular Hbond substituents is 10. The summed E-state index contributed by atoms with van der Waals surface area (Å²) < 4.78 is 64.0. The Labute approximate surface area is 413 Å². The SMILES string of the molecule is O=C(O)c1cc(O)c(O)c(OC(=O)c2cc(O)c(O)c(OC(=O)c3cc(O)c(O)c(OC(=O)c4cc(O)c(O)c(OC(=O)c5cc(O)c(O)c(OC(=O)c6cc(CCc7ccc(C(F)(F)F)cc7)n[nH]6)c5)c4)c3)c2)c1. The number of phenols is 10. The first-order valence-corrected chi connectivity index (χ1v) is 20.6. The highest BCUT2D eigenvalue weighted by molar-refractivity contribution is 5.98. The standard InChI is InChI=1S/C48H31F3N2O22/c49-48(50,51)24-4-1-18(2-5-24)3-6-25-17-26(53-52-25)47(70)75-36-16-23(11-31(58)41(36)63)46(69)74-35-15-22(10-30(57)40(35)62)45(68)73-34-14-21(9-29(56)39(34)61)44(67)72-33-13-20(8-28(55)38(33)60)43(66)71-32-12-19(42(64)65)7-27(54)37(32)59/h1-2,4-5,7-17,54-63H,3,6H2,(H,52,53)(H,64,65). The van der Waals surface area contributed by atoms with Gasteiger partial charge in [0, 0.05) is 0 Å². The summed E-state index contributed by atoms with van der Waals surface area (Å²) in [5, 5.41) is 119. The lowest BCUT2D eigenvalue weighted by Gasteiger charge is -2.13. The molecule has 7 rings (SSSR count). The van der Waals surface area contributed by atoms with Gasteiger partial charge in [0.05, 0.1) is 39.1 Å². The zero-order valence-electron chi connectivity index (χ0n) is 37.1. The van der Waals surface area contributed by atoms with E-state index in [9.17, 15) is 98.1 Å². The van der Waals surface area contributed by atoms with Crippen molar-refractivity contribution in [2.24, 2.45) is 0 Å². The number of nitrogens with zero attached hydrogens (tertiary/aromatic N) is 1. The molecule has 0 radical (unpaired) electrons. The molecule has 24 nitrogen and oxygen atoms in total. The van der Waals surface area contributed by atoms with Crippen LogP contribution in [0.25, 0.3) is 0 Å². The number of hydrogen-bond acceptors (Lipinski definition) is 22. The van der Waals surface area contributed by atoms with Crippen LogP contribution in [0.5, 0.6) is 86.2 Å². The number of halogens is 3. The zero-order chi connectivity index (χ0) is 54.8. The van der Waals surface area contributed by atoms with E-state index in [1.165, 1.54) is 18.2 Å². The fourth-order valence-corrected chi connectivity index (χ4v) is 6.47. The van der Waals surface area contributed by atoms with Crippen molar-refractivity contribution in [3.05, 3.63) is 141 Å². The number of aromatic carboxylic acids is 1. The molecule has 0 fully saturated rings. The van der Waals surface area contributed by atoms with Crippen LogP contribution in [0.1, 0.15) is 79.1 Å². The average Bonchev–Trinajstić information content (AvgIpc) is 3.84. The van der Waals surface area contributed by atoms with E-state index in [2.05, 4.69) is 10.2 Å². The number of aryl methyl sites for hydroxylation is 2. The maximum Gasteiger partial charge on any atom is 0.416 e. The number of nitrogens with one attached hydrogen (secondary N) is 1. The molecule has 386 valence electrons. The first-order chi connectivity index (χ1) is 35.3. The minimum absolute atomic E-state index is 0.156. The number of rotatable bonds is 14. The number of aromatic hydroxyl groups is 10. The van der Waals surface area contributed by atoms with Crippen LogP contribution in [0.4, 0.5) is 13.2 Å². The third-order valence-electron chi connectivity index (χ3n) is 10.3. The number of hydrogen-bond donors (Lipinski definition) is 12. The van der Waals surface area contributed by atoms with Crippen molar-refractivity contribution < 1.29 is 122 Å². The van der Waals surface area contributed by atoms with Gasteiger partial charge in [-0.15, -0.1) is 0 Å². The van der Waals surface area contributed by atoms with Gasteiger partial charge in [-0.25, -0.2) is 28.8 Å². The molecule has 0 aliphatic carbocycles. The van der Waals surface area contributed by atoms with Crippen LogP contribution in [-0.4, -0.2) is 102 Å². The first kappa shape index (κ1) is 52.0. The van der Waals surface area contributed by atoms with E-state index in [1.54, 1.807) is 0 Å². The summed E-state index contributed by atoms with van der Waals surface area (Å²) in [5.41, 5.74) is -3.86. The smallest absolute Gasteiger partial charge is 0.416 e. The largest absolute Gasteiger partial charge is 0.504 e. The third kappa shape index (κ3) is 11.5. The maximum absolute atomic E-state index is 13.3. The molecule has 1 aromatic heterocycles. The fraction of sp³-hybridized carbons (Fsp3) is 0.0625. The first-order valence-electron chi connectivity index (χ1n) is 20.6. The third-order valence-corrected chi connectivity index (χ3v) is 10.3. The number of ether oxygens (including phenoxy) is 5. The van der Waals surface area contributed by atoms with E-state index in [0.717, 1.165) is 12.1 Å². The second kappa shape index (κ2) is 20.5. The topological polar surface area (TPSA) is 400 Å². The second-order valence-electron chi connectivity index (χ2n) is 15.4. The lowest BCUT2D eigenvalue weighted by molar-refractivity contribution is -0.137. The van der Waals surface area contributed by atoms with Gasteiger partial charge in [0.1, 0.15) is 5.69 Å². The number of alkyl halides is 3. The number of esters is 5. The number of carboxylic acids is 1. The molecule has 7 aromatic rings. The van der Waals surface area contributed by atoms with E-state index in [1.807, 2.05) is 0 Å². The van der Waals surface area contributed by atoms with Crippen molar-refractivity contribution >= 4 is 35.8 Å². The van der Waals surface area contributed by atoms with Gasteiger partial charge in [0.15, 0.2) is 57.5 Å². The molecule has 0 amide bonds. The Morgan fingerprint density at radius 1 is 0.427 bits per heavy atom. The van der Waals surface area contributed by atoms with Crippen LogP contribution < -0.4 is 23.7 Å². The molecule has 0 atom stereocenters. The van der Waals surface area contributed by atoms with Crippen LogP contribution in [0.2, 0.25) is 0 Å². The van der Waals surface area contributed by atoms with Gasteiger partial charge in [-0.1, -0.05) is 12.1 Å². The quantitative estimate of drug-likeness (QED) is 0.0334. The molecule has 0 aliphatic heterocycles. The number of carbonyl (C=O) groups excluding carboxylic acids is 5. The van der Waals surface area contributed by atoms with Crippen molar-refractivity contribution in [1.29, 1.82) is 0 Å². The summed E-state index contributed by atoms with van der Waals surface area (Å²) in [6, 6.07) is 11.8. The lowest BCUT2D eigenvalue weighted by atomic mass is 10.1. The Morgan fingerprint density at radius 2 is 0.733 bits per heavy atom. The fourth-order valence-electron chi connectivity index (χ4n) is 6.47. The van der Waals surface area contributed by atoms with Crippen LogP contribution in [0, 0.1) is 0 Å². The van der Waals surface area contributed by atoms with E-state index < -0.39 is 162 Å². The van der Waals surface area contributed by atoms with Gasteiger partial charge < -0.3 is 79.9 Å². The molecule has 0 unspecified atom stereocenters. The second-order valence-corrected chi connectivity index (χ2v) is 15.4. The van der Waals surface area contributed by atoms with Gasteiger partial charge in [-0.3, -0.25) is 5.10 Å². The normalized spacial score (nSPS) is 11.1. The Balaban J connectivity index is 1.03.